The van der Waals surface area contributed by atoms with Gasteiger partial charge in [-0.2, -0.15) is 0 Å². The summed E-state index contributed by atoms with van der Waals surface area (Å²) < 4.78 is 6.06. The predicted octanol–water partition coefficient (Wildman–Crippen LogP) is 3.63. The molecule has 1 aromatic heterocycles. The van der Waals surface area contributed by atoms with Crippen LogP contribution in [-0.4, -0.2) is 17.6 Å². The van der Waals surface area contributed by atoms with Gasteiger partial charge in [-0.15, -0.1) is 11.3 Å². The second kappa shape index (κ2) is 5.92. The molecule has 1 aliphatic rings. The predicted molar refractivity (Wildman–Crippen MR) is 99.3 cm³/mol. The summed E-state index contributed by atoms with van der Waals surface area (Å²) >= 11 is 1.46. The molecule has 24 heavy (non-hydrogen) atoms. The second-order valence-corrected chi connectivity index (χ2v) is 7.02. The fourth-order valence-electron chi connectivity index (χ4n) is 3.18. The third kappa shape index (κ3) is 2.66. The lowest BCUT2D eigenvalue weighted by atomic mass is 9.97. The first-order chi connectivity index (χ1) is 11.6. The van der Waals surface area contributed by atoms with E-state index in [1.165, 1.54) is 22.5 Å². The van der Waals surface area contributed by atoms with Crippen LogP contribution in [0.15, 0.2) is 41.8 Å². The first-order valence-electron chi connectivity index (χ1n) is 7.96. The van der Waals surface area contributed by atoms with Crippen molar-refractivity contribution < 1.29 is 4.74 Å². The third-order valence-electron chi connectivity index (χ3n) is 4.32. The average Bonchev–Trinajstić information content (AvgIpc) is 3.20. The van der Waals surface area contributed by atoms with Crippen molar-refractivity contribution in [3.8, 4) is 28.1 Å². The number of fused-ring (bicyclic) bond motifs is 1. The van der Waals surface area contributed by atoms with Gasteiger partial charge in [-0.25, -0.2) is 4.98 Å². The summed E-state index contributed by atoms with van der Waals surface area (Å²) in [6, 6.07) is 12.7. The Morgan fingerprint density at radius 1 is 1.21 bits per heavy atom. The van der Waals surface area contributed by atoms with Crippen LogP contribution in [0, 0.1) is 6.92 Å². The molecule has 0 amide bonds. The van der Waals surface area contributed by atoms with E-state index >= 15 is 0 Å². The van der Waals surface area contributed by atoms with Crippen LogP contribution in [-0.2, 0) is 6.42 Å². The zero-order valence-electron chi connectivity index (χ0n) is 13.5. The molecule has 1 atom stereocenters. The van der Waals surface area contributed by atoms with Crippen LogP contribution >= 0.6 is 11.3 Å². The summed E-state index contributed by atoms with van der Waals surface area (Å²) in [5.74, 6) is 0.974. The Balaban J connectivity index is 1.72. The molecule has 0 unspecified atom stereocenters. The van der Waals surface area contributed by atoms with Crippen molar-refractivity contribution in [1.29, 1.82) is 0 Å². The Hall–Kier alpha value is -2.37. The molecular formula is C19H19N3OS. The first-order valence-corrected chi connectivity index (χ1v) is 8.84. The fraction of sp³-hybridized carbons (Fsp3) is 0.211. The van der Waals surface area contributed by atoms with Gasteiger partial charge in [-0.05, 0) is 29.7 Å². The number of nitrogens with two attached hydrogens (primary N) is 2. The topological polar surface area (TPSA) is 74.2 Å². The zero-order chi connectivity index (χ0) is 16.7. The smallest absolute Gasteiger partial charge is 0.180 e. The third-order valence-corrected chi connectivity index (χ3v) is 4.99. The molecule has 0 spiro atoms. The van der Waals surface area contributed by atoms with E-state index in [1.54, 1.807) is 0 Å². The number of thiazole rings is 1. The van der Waals surface area contributed by atoms with Crippen molar-refractivity contribution >= 4 is 16.5 Å². The Kier molecular flexibility index (Phi) is 3.75. The van der Waals surface area contributed by atoms with Gasteiger partial charge in [0.15, 0.2) is 5.13 Å². The summed E-state index contributed by atoms with van der Waals surface area (Å²) in [6.45, 7) is 2.66. The van der Waals surface area contributed by atoms with E-state index in [1.807, 2.05) is 5.38 Å². The molecule has 0 aliphatic carbocycles. The van der Waals surface area contributed by atoms with Gasteiger partial charge in [0, 0.05) is 29.5 Å². The van der Waals surface area contributed by atoms with Gasteiger partial charge >= 0.3 is 0 Å². The number of aromatic nitrogens is 1. The molecule has 2 aromatic carbocycles. The molecule has 0 saturated heterocycles. The van der Waals surface area contributed by atoms with Crippen molar-refractivity contribution in [2.45, 2.75) is 19.4 Å². The Morgan fingerprint density at radius 3 is 2.62 bits per heavy atom. The normalized spacial score (nSPS) is 16.0. The highest BCUT2D eigenvalue weighted by Crippen LogP contribution is 2.40. The van der Waals surface area contributed by atoms with Crippen LogP contribution in [0.2, 0.25) is 0 Å². The summed E-state index contributed by atoms with van der Waals surface area (Å²) in [4.78, 5) is 4.33. The molecule has 3 aromatic rings. The van der Waals surface area contributed by atoms with E-state index in [-0.39, 0.29) is 6.10 Å². The lowest BCUT2D eigenvalue weighted by Gasteiger charge is -2.12. The minimum atomic E-state index is 0.0813. The van der Waals surface area contributed by atoms with Crippen molar-refractivity contribution in [2.75, 3.05) is 12.3 Å². The van der Waals surface area contributed by atoms with Gasteiger partial charge in [0.05, 0.1) is 5.69 Å². The van der Waals surface area contributed by atoms with Crippen LogP contribution in [0.5, 0.6) is 5.75 Å². The average molecular weight is 337 g/mol. The second-order valence-electron chi connectivity index (χ2n) is 6.13. The number of aryl methyl sites for hydroxylation is 1. The molecule has 4 rings (SSSR count). The van der Waals surface area contributed by atoms with Crippen molar-refractivity contribution in [2.24, 2.45) is 5.73 Å². The summed E-state index contributed by atoms with van der Waals surface area (Å²) in [6.07, 6.45) is 0.967. The number of hydrogen-bond acceptors (Lipinski definition) is 5. The molecular weight excluding hydrogens is 318 g/mol. The molecule has 4 nitrogen and oxygen atoms in total. The van der Waals surface area contributed by atoms with Crippen LogP contribution < -0.4 is 16.2 Å². The lowest BCUT2D eigenvalue weighted by molar-refractivity contribution is 0.242. The van der Waals surface area contributed by atoms with Gasteiger partial charge in [0.25, 0.3) is 0 Å². The maximum atomic E-state index is 6.06. The largest absolute Gasteiger partial charge is 0.488 e. The molecule has 0 radical (unpaired) electrons. The van der Waals surface area contributed by atoms with Gasteiger partial charge in [0.1, 0.15) is 11.9 Å². The number of nitrogen functional groups attached to an aromatic ring is 1. The summed E-state index contributed by atoms with van der Waals surface area (Å²) in [5, 5.41) is 2.57. The summed E-state index contributed by atoms with van der Waals surface area (Å²) in [5.41, 5.74) is 18.2. The quantitative estimate of drug-likeness (QED) is 0.765. The number of nitrogens with zero attached hydrogens (tertiary/aromatic N) is 1. The van der Waals surface area contributed by atoms with E-state index in [0.29, 0.717) is 11.7 Å². The minimum Gasteiger partial charge on any atom is -0.488 e. The lowest BCUT2D eigenvalue weighted by Crippen LogP contribution is -2.24. The molecule has 0 bridgehead atoms. The highest BCUT2D eigenvalue weighted by atomic mass is 32.1. The van der Waals surface area contributed by atoms with Gasteiger partial charge in [0.2, 0.25) is 0 Å². The van der Waals surface area contributed by atoms with Crippen molar-refractivity contribution in [3.63, 3.8) is 0 Å². The standard InChI is InChI=1S/C19H19N3OS/c1-11-6-14-8-15(9-20)23-18(14)16(7-11)12-2-4-13(5-3-12)17-10-24-19(21)22-17/h2-7,10,15H,8-9,20H2,1H3,(H2,21,22)/t15-/m1/s1. The van der Waals surface area contributed by atoms with Crippen LogP contribution in [0.3, 0.4) is 0 Å². The number of rotatable bonds is 3. The van der Waals surface area contributed by atoms with E-state index < -0.39 is 0 Å². The Bertz CT molecular complexity index is 886. The van der Waals surface area contributed by atoms with Gasteiger partial charge in [-0.1, -0.05) is 30.3 Å². The van der Waals surface area contributed by atoms with Crippen molar-refractivity contribution in [3.05, 3.63) is 52.9 Å². The maximum absolute atomic E-state index is 6.06. The van der Waals surface area contributed by atoms with E-state index in [4.69, 9.17) is 16.2 Å². The minimum absolute atomic E-state index is 0.0813. The summed E-state index contributed by atoms with van der Waals surface area (Å²) in [7, 11) is 0. The van der Waals surface area contributed by atoms with Crippen molar-refractivity contribution in [1.82, 2.24) is 4.98 Å². The molecule has 122 valence electrons. The number of hydrogen-bond donors (Lipinski definition) is 2. The molecule has 2 heterocycles. The molecule has 4 N–H and O–H groups in total. The van der Waals surface area contributed by atoms with Crippen LogP contribution in [0.25, 0.3) is 22.4 Å². The van der Waals surface area contributed by atoms with Crippen LogP contribution in [0.1, 0.15) is 11.1 Å². The van der Waals surface area contributed by atoms with Crippen LogP contribution in [0.4, 0.5) is 5.13 Å². The van der Waals surface area contributed by atoms with Gasteiger partial charge in [-0.3, -0.25) is 0 Å². The van der Waals surface area contributed by atoms with Gasteiger partial charge < -0.3 is 16.2 Å². The SMILES string of the molecule is Cc1cc2c(c(-c3ccc(-c4csc(N)n4)cc3)c1)O[C@@H](CN)C2. The van der Waals surface area contributed by atoms with E-state index in [9.17, 15) is 0 Å². The monoisotopic (exact) mass is 337 g/mol. The molecule has 5 heteroatoms. The Morgan fingerprint density at radius 2 is 1.96 bits per heavy atom. The molecule has 0 saturated carbocycles. The number of benzene rings is 2. The van der Waals surface area contributed by atoms with E-state index in [0.717, 1.165) is 34.6 Å². The fourth-order valence-corrected chi connectivity index (χ4v) is 3.75. The van der Waals surface area contributed by atoms with E-state index in [2.05, 4.69) is 48.3 Å². The first kappa shape index (κ1) is 15.2. The molecule has 0 fully saturated rings. The Labute approximate surface area is 145 Å². The zero-order valence-corrected chi connectivity index (χ0v) is 14.3. The number of anilines is 1. The highest BCUT2D eigenvalue weighted by molar-refractivity contribution is 7.13. The molecule has 1 aliphatic heterocycles. The maximum Gasteiger partial charge on any atom is 0.180 e. The number of ether oxygens (including phenoxy) is 1. The highest BCUT2D eigenvalue weighted by Gasteiger charge is 2.25.